The second-order valence-corrected chi connectivity index (χ2v) is 6.63. The van der Waals surface area contributed by atoms with Crippen molar-refractivity contribution in [3.05, 3.63) is 54.2 Å². The minimum Gasteiger partial charge on any atom is -0.493 e. The van der Waals surface area contributed by atoms with Gasteiger partial charge in [0, 0.05) is 24.2 Å². The lowest BCUT2D eigenvalue weighted by atomic mass is 10.2. The number of cyclic esters (lactones) is 1. The first-order valence-electron chi connectivity index (χ1n) is 9.29. The van der Waals surface area contributed by atoms with Crippen molar-refractivity contribution in [3.63, 3.8) is 0 Å². The van der Waals surface area contributed by atoms with E-state index in [0.29, 0.717) is 44.0 Å². The number of hydrogen-bond donors (Lipinski definition) is 1. The number of fused-ring (bicyclic) bond motifs is 1. The summed E-state index contributed by atoms with van der Waals surface area (Å²) in [6.45, 7) is 1.81. The molecule has 4 rings (SSSR count). The molecule has 10 heteroatoms. The number of amides is 2. The zero-order valence-electron chi connectivity index (χ0n) is 15.9. The van der Waals surface area contributed by atoms with Crippen LogP contribution in [0.3, 0.4) is 0 Å². The molecular formula is C20H19FN4O5. The average Bonchev–Trinajstić information content (AvgIpc) is 3.36. The van der Waals surface area contributed by atoms with Crippen LogP contribution in [0.2, 0.25) is 0 Å². The minimum absolute atomic E-state index is 0.0428. The average molecular weight is 414 g/mol. The van der Waals surface area contributed by atoms with Crippen molar-refractivity contribution in [2.75, 3.05) is 26.3 Å². The predicted octanol–water partition coefficient (Wildman–Crippen LogP) is 2.59. The Morgan fingerprint density at radius 3 is 2.90 bits per heavy atom. The Hall–Kier alpha value is -3.82. The lowest BCUT2D eigenvalue weighted by Gasteiger charge is -2.13. The van der Waals surface area contributed by atoms with E-state index in [4.69, 9.17) is 19.9 Å². The third-order valence-electron chi connectivity index (χ3n) is 4.58. The van der Waals surface area contributed by atoms with Gasteiger partial charge in [0.15, 0.2) is 11.6 Å². The standard InChI is InChI=1S/C20H19FN4O5/c21-16-10-15(28-6-1-4-24-5-7-29-20(24)27)2-3-17(16)30-18-9-13(19(22)26)8-14-11-23-12-25(14)18/h2-3,8-12H,1,4-7H2,(H2,22,26). The molecular weight excluding hydrogens is 395 g/mol. The number of rotatable bonds is 8. The van der Waals surface area contributed by atoms with E-state index in [-0.39, 0.29) is 23.3 Å². The van der Waals surface area contributed by atoms with Gasteiger partial charge < -0.3 is 24.8 Å². The van der Waals surface area contributed by atoms with Gasteiger partial charge in [-0.1, -0.05) is 0 Å². The first kappa shape index (κ1) is 19.5. The molecule has 30 heavy (non-hydrogen) atoms. The van der Waals surface area contributed by atoms with Crippen LogP contribution >= 0.6 is 0 Å². The summed E-state index contributed by atoms with van der Waals surface area (Å²) in [5.74, 6) is -0.770. The Balaban J connectivity index is 1.41. The van der Waals surface area contributed by atoms with Gasteiger partial charge in [0.2, 0.25) is 11.8 Å². The molecule has 1 aliphatic rings. The number of primary amides is 1. The Morgan fingerprint density at radius 1 is 1.30 bits per heavy atom. The Kier molecular flexibility index (Phi) is 5.38. The molecule has 9 nitrogen and oxygen atoms in total. The van der Waals surface area contributed by atoms with E-state index in [9.17, 15) is 14.0 Å². The molecule has 2 N–H and O–H groups in total. The molecule has 0 atom stereocenters. The second kappa shape index (κ2) is 8.27. The fourth-order valence-electron chi connectivity index (χ4n) is 3.06. The van der Waals surface area contributed by atoms with Gasteiger partial charge in [-0.05, 0) is 24.6 Å². The molecule has 2 aromatic heterocycles. The van der Waals surface area contributed by atoms with Crippen LogP contribution in [0.1, 0.15) is 16.8 Å². The molecule has 1 aromatic carbocycles. The van der Waals surface area contributed by atoms with Gasteiger partial charge in [-0.2, -0.15) is 0 Å². The summed E-state index contributed by atoms with van der Waals surface area (Å²) in [4.78, 5) is 28.5. The molecule has 0 saturated carbocycles. The number of pyridine rings is 1. The van der Waals surface area contributed by atoms with Gasteiger partial charge in [0.1, 0.15) is 18.7 Å². The Morgan fingerprint density at radius 2 is 2.17 bits per heavy atom. The summed E-state index contributed by atoms with van der Waals surface area (Å²) >= 11 is 0. The SMILES string of the molecule is NC(=O)c1cc(Oc2ccc(OCCCN3CCOC3=O)cc2F)n2cncc2c1. The van der Waals surface area contributed by atoms with Crippen molar-refractivity contribution < 1.29 is 28.2 Å². The molecule has 1 saturated heterocycles. The van der Waals surface area contributed by atoms with E-state index in [1.165, 1.54) is 30.7 Å². The van der Waals surface area contributed by atoms with E-state index in [2.05, 4.69) is 4.98 Å². The number of aromatic nitrogens is 2. The third-order valence-corrected chi connectivity index (χ3v) is 4.58. The van der Waals surface area contributed by atoms with Gasteiger partial charge in [-0.3, -0.25) is 9.20 Å². The highest BCUT2D eigenvalue weighted by atomic mass is 19.1. The normalized spacial score (nSPS) is 13.5. The molecule has 2 amide bonds. The maximum absolute atomic E-state index is 14.5. The lowest BCUT2D eigenvalue weighted by molar-refractivity contribution is 0.1000. The van der Waals surface area contributed by atoms with Crippen LogP contribution in [0.4, 0.5) is 9.18 Å². The third kappa shape index (κ3) is 4.12. The molecule has 3 aromatic rings. The number of benzene rings is 1. The van der Waals surface area contributed by atoms with Crippen molar-refractivity contribution in [3.8, 4) is 17.4 Å². The van der Waals surface area contributed by atoms with Crippen LogP contribution in [-0.2, 0) is 4.74 Å². The van der Waals surface area contributed by atoms with Crippen LogP contribution in [0.15, 0.2) is 42.9 Å². The van der Waals surface area contributed by atoms with Crippen LogP contribution in [0, 0.1) is 5.82 Å². The Labute approximate surface area is 170 Å². The Bertz CT molecular complexity index is 1100. The smallest absolute Gasteiger partial charge is 0.409 e. The van der Waals surface area contributed by atoms with Crippen molar-refractivity contribution in [2.45, 2.75) is 6.42 Å². The molecule has 1 fully saturated rings. The molecule has 0 aliphatic carbocycles. The fourth-order valence-corrected chi connectivity index (χ4v) is 3.06. The highest BCUT2D eigenvalue weighted by Gasteiger charge is 2.21. The quantitative estimate of drug-likeness (QED) is 0.568. The van der Waals surface area contributed by atoms with Crippen molar-refractivity contribution in [1.29, 1.82) is 0 Å². The fraction of sp³-hybridized carbons (Fsp3) is 0.250. The molecule has 0 bridgehead atoms. The number of hydrogen-bond acceptors (Lipinski definition) is 6. The topological polar surface area (TPSA) is 108 Å². The number of ether oxygens (including phenoxy) is 3. The summed E-state index contributed by atoms with van der Waals surface area (Å²) in [5, 5.41) is 0. The molecule has 1 aliphatic heterocycles. The van der Waals surface area contributed by atoms with E-state index in [1.807, 2.05) is 0 Å². The van der Waals surface area contributed by atoms with Crippen LogP contribution in [0.5, 0.6) is 17.4 Å². The van der Waals surface area contributed by atoms with E-state index in [1.54, 1.807) is 21.4 Å². The maximum Gasteiger partial charge on any atom is 0.409 e. The van der Waals surface area contributed by atoms with Crippen LogP contribution < -0.4 is 15.2 Å². The summed E-state index contributed by atoms with van der Waals surface area (Å²) in [6, 6.07) is 7.21. The highest BCUT2D eigenvalue weighted by molar-refractivity contribution is 5.94. The number of carbonyl (C=O) groups excluding carboxylic acids is 2. The summed E-state index contributed by atoms with van der Waals surface area (Å²) in [6.07, 6.45) is 3.29. The monoisotopic (exact) mass is 414 g/mol. The molecule has 0 spiro atoms. The molecule has 156 valence electrons. The van der Waals surface area contributed by atoms with Crippen molar-refractivity contribution in [2.24, 2.45) is 5.73 Å². The summed E-state index contributed by atoms with van der Waals surface area (Å²) < 4.78 is 32.2. The molecule has 0 radical (unpaired) electrons. The van der Waals surface area contributed by atoms with Gasteiger partial charge in [-0.25, -0.2) is 14.2 Å². The van der Waals surface area contributed by atoms with E-state index < -0.39 is 11.7 Å². The highest BCUT2D eigenvalue weighted by Crippen LogP contribution is 2.29. The van der Waals surface area contributed by atoms with Crippen molar-refractivity contribution >= 4 is 17.5 Å². The van der Waals surface area contributed by atoms with Gasteiger partial charge in [0.25, 0.3) is 0 Å². The molecule has 0 unspecified atom stereocenters. The predicted molar refractivity (Wildman–Crippen MR) is 103 cm³/mol. The number of nitrogens with zero attached hydrogens (tertiary/aromatic N) is 3. The number of halogens is 1. The number of imidazole rings is 1. The summed E-state index contributed by atoms with van der Waals surface area (Å²) in [5.41, 5.74) is 6.16. The first-order valence-corrected chi connectivity index (χ1v) is 9.29. The van der Waals surface area contributed by atoms with E-state index in [0.717, 1.165) is 0 Å². The van der Waals surface area contributed by atoms with Crippen LogP contribution in [-0.4, -0.2) is 52.6 Å². The van der Waals surface area contributed by atoms with E-state index >= 15 is 0 Å². The lowest BCUT2D eigenvalue weighted by Crippen LogP contribution is -2.26. The second-order valence-electron chi connectivity index (χ2n) is 6.63. The minimum atomic E-state index is -0.631. The number of nitrogens with two attached hydrogens (primary N) is 1. The van der Waals surface area contributed by atoms with Gasteiger partial charge in [0.05, 0.1) is 24.9 Å². The zero-order chi connectivity index (χ0) is 21.1. The summed E-state index contributed by atoms with van der Waals surface area (Å²) in [7, 11) is 0. The van der Waals surface area contributed by atoms with Crippen molar-refractivity contribution in [1.82, 2.24) is 14.3 Å². The van der Waals surface area contributed by atoms with Gasteiger partial charge in [-0.15, -0.1) is 0 Å². The zero-order valence-corrected chi connectivity index (χ0v) is 15.9. The molecule has 3 heterocycles. The first-order chi connectivity index (χ1) is 14.5. The largest absolute Gasteiger partial charge is 0.493 e. The van der Waals surface area contributed by atoms with Crippen LogP contribution in [0.25, 0.3) is 5.52 Å². The number of carbonyl (C=O) groups is 2. The maximum atomic E-state index is 14.5. The van der Waals surface area contributed by atoms with Gasteiger partial charge >= 0.3 is 6.09 Å².